The molecule has 1 unspecified atom stereocenters. The van der Waals surface area contributed by atoms with E-state index in [1.54, 1.807) is 0 Å². The summed E-state index contributed by atoms with van der Waals surface area (Å²) in [6, 6.07) is 12.0. The molecule has 2 rings (SSSR count). The Kier molecular flexibility index (Phi) is 3.96. The Hall–Kier alpha value is -0.430. The van der Waals surface area contributed by atoms with Crippen molar-refractivity contribution in [2.45, 2.75) is 32.9 Å². The first-order valence-corrected chi connectivity index (χ1v) is 6.92. The lowest BCUT2D eigenvalue weighted by molar-refractivity contribution is 0.383. The van der Waals surface area contributed by atoms with Crippen LogP contribution >= 0.6 is 8.88 Å². The van der Waals surface area contributed by atoms with E-state index in [-0.39, 0.29) is 0 Å². The van der Waals surface area contributed by atoms with Gasteiger partial charge in [0.25, 0.3) is 0 Å². The molecule has 1 aromatic rings. The Labute approximate surface area is 101 Å². The fourth-order valence-corrected chi connectivity index (χ4v) is 3.33. The van der Waals surface area contributed by atoms with Gasteiger partial charge in [-0.15, -0.1) is 0 Å². The normalized spacial score (nSPS) is 22.0. The van der Waals surface area contributed by atoms with Crippen LogP contribution in [0.3, 0.4) is 0 Å². The van der Waals surface area contributed by atoms with Crippen molar-refractivity contribution in [3.63, 3.8) is 0 Å². The van der Waals surface area contributed by atoms with Crippen molar-refractivity contribution < 1.29 is 0 Å². The largest absolute Gasteiger partial charge is 0.269 e. The quantitative estimate of drug-likeness (QED) is 0.743. The van der Waals surface area contributed by atoms with Crippen molar-refractivity contribution in [2.24, 2.45) is 0 Å². The van der Waals surface area contributed by atoms with Gasteiger partial charge in [0.05, 0.1) is 0 Å². The standard InChI is InChI=1S/C13H21N2P/c1-11(2)14-9-10-15(16-14)12(3)13-7-5-4-6-8-13/h4-8,11-12,16H,9-10H2,1-3H3/t12-/m0/s1. The smallest absolute Gasteiger partial charge is 0.0366 e. The number of benzene rings is 1. The van der Waals surface area contributed by atoms with Crippen LogP contribution in [0.4, 0.5) is 0 Å². The van der Waals surface area contributed by atoms with Crippen molar-refractivity contribution in [1.82, 2.24) is 9.34 Å². The molecule has 3 heteroatoms. The van der Waals surface area contributed by atoms with Gasteiger partial charge in [0, 0.05) is 34.1 Å². The molecule has 1 aliphatic rings. The maximum atomic E-state index is 2.58. The third-order valence-electron chi connectivity index (χ3n) is 3.21. The van der Waals surface area contributed by atoms with Crippen molar-refractivity contribution >= 4 is 8.88 Å². The SMILES string of the molecule is CC(C)N1CCN([C@@H](C)c2ccccc2)P1. The maximum absolute atomic E-state index is 2.58. The highest BCUT2D eigenvalue weighted by molar-refractivity contribution is 7.32. The van der Waals surface area contributed by atoms with Crippen molar-refractivity contribution in [1.29, 1.82) is 0 Å². The van der Waals surface area contributed by atoms with Gasteiger partial charge in [-0.2, -0.15) is 0 Å². The van der Waals surface area contributed by atoms with Gasteiger partial charge in [-0.1, -0.05) is 30.3 Å². The van der Waals surface area contributed by atoms with E-state index in [9.17, 15) is 0 Å². The van der Waals surface area contributed by atoms with Gasteiger partial charge in [0.2, 0.25) is 0 Å². The molecular weight excluding hydrogens is 215 g/mol. The second kappa shape index (κ2) is 5.27. The summed E-state index contributed by atoms with van der Waals surface area (Å²) in [5.41, 5.74) is 1.43. The first-order valence-electron chi connectivity index (χ1n) is 6.03. The highest BCUT2D eigenvalue weighted by Gasteiger charge is 2.26. The number of rotatable bonds is 3. The Balaban J connectivity index is 2.00. The maximum Gasteiger partial charge on any atom is 0.0366 e. The van der Waals surface area contributed by atoms with Crippen molar-refractivity contribution in [2.75, 3.05) is 13.1 Å². The average Bonchev–Trinajstić information content (AvgIpc) is 2.78. The molecule has 0 saturated carbocycles. The van der Waals surface area contributed by atoms with Crippen LogP contribution in [-0.2, 0) is 0 Å². The van der Waals surface area contributed by atoms with Gasteiger partial charge < -0.3 is 0 Å². The van der Waals surface area contributed by atoms with Crippen LogP contribution in [0.2, 0.25) is 0 Å². The molecule has 0 spiro atoms. The third kappa shape index (κ3) is 2.63. The van der Waals surface area contributed by atoms with E-state index < -0.39 is 0 Å². The molecule has 0 aliphatic carbocycles. The van der Waals surface area contributed by atoms with Crippen LogP contribution in [0.25, 0.3) is 0 Å². The average molecular weight is 236 g/mol. The summed E-state index contributed by atoms with van der Waals surface area (Å²) in [6.45, 7) is 9.29. The van der Waals surface area contributed by atoms with Gasteiger partial charge in [0.1, 0.15) is 0 Å². The summed E-state index contributed by atoms with van der Waals surface area (Å²) in [4.78, 5) is 0. The summed E-state index contributed by atoms with van der Waals surface area (Å²) in [7, 11) is 0.844. The van der Waals surface area contributed by atoms with E-state index in [1.165, 1.54) is 18.7 Å². The Morgan fingerprint density at radius 1 is 1.00 bits per heavy atom. The minimum atomic E-state index is 0.545. The molecule has 0 N–H and O–H groups in total. The van der Waals surface area contributed by atoms with Gasteiger partial charge in [-0.25, -0.2) is 0 Å². The summed E-state index contributed by atoms with van der Waals surface area (Å²) in [5.74, 6) is 0. The van der Waals surface area contributed by atoms with E-state index in [2.05, 4.69) is 60.4 Å². The fraction of sp³-hybridized carbons (Fsp3) is 0.538. The van der Waals surface area contributed by atoms with Crippen molar-refractivity contribution in [3.05, 3.63) is 35.9 Å². The lowest BCUT2D eigenvalue weighted by Crippen LogP contribution is -2.20. The summed E-state index contributed by atoms with van der Waals surface area (Å²) in [6.07, 6.45) is 0. The molecule has 0 aromatic heterocycles. The summed E-state index contributed by atoms with van der Waals surface area (Å²) < 4.78 is 5.13. The third-order valence-corrected chi connectivity index (χ3v) is 5.08. The molecule has 1 fully saturated rings. The molecule has 1 aromatic carbocycles. The van der Waals surface area contributed by atoms with Crippen LogP contribution in [0.15, 0.2) is 30.3 Å². The molecule has 2 nitrogen and oxygen atoms in total. The Morgan fingerprint density at radius 2 is 1.62 bits per heavy atom. The molecule has 0 radical (unpaired) electrons. The molecular formula is C13H21N2P. The van der Waals surface area contributed by atoms with Crippen LogP contribution in [0, 0.1) is 0 Å². The molecule has 0 amide bonds. The lowest BCUT2D eigenvalue weighted by Gasteiger charge is -2.25. The highest BCUT2D eigenvalue weighted by atomic mass is 31.1. The first kappa shape index (κ1) is 12.0. The lowest BCUT2D eigenvalue weighted by atomic mass is 10.1. The molecule has 1 aliphatic heterocycles. The number of hydrogen-bond acceptors (Lipinski definition) is 2. The minimum Gasteiger partial charge on any atom is -0.269 e. The van der Waals surface area contributed by atoms with Gasteiger partial charge in [-0.05, 0) is 26.3 Å². The van der Waals surface area contributed by atoms with E-state index in [0.29, 0.717) is 12.1 Å². The van der Waals surface area contributed by atoms with E-state index >= 15 is 0 Å². The molecule has 2 atom stereocenters. The Morgan fingerprint density at radius 3 is 2.19 bits per heavy atom. The summed E-state index contributed by atoms with van der Waals surface area (Å²) in [5, 5.41) is 0. The zero-order valence-corrected chi connectivity index (χ0v) is 11.4. The van der Waals surface area contributed by atoms with Gasteiger partial charge in [0.15, 0.2) is 0 Å². The first-order chi connectivity index (χ1) is 7.68. The van der Waals surface area contributed by atoms with E-state index in [0.717, 1.165) is 8.88 Å². The Bertz CT molecular complexity index is 326. The highest BCUT2D eigenvalue weighted by Crippen LogP contribution is 2.39. The van der Waals surface area contributed by atoms with Gasteiger partial charge >= 0.3 is 0 Å². The molecule has 88 valence electrons. The van der Waals surface area contributed by atoms with E-state index in [1.807, 2.05) is 0 Å². The zero-order chi connectivity index (χ0) is 11.5. The second-order valence-corrected chi connectivity index (χ2v) is 6.02. The molecule has 1 saturated heterocycles. The molecule has 0 bridgehead atoms. The molecule has 16 heavy (non-hydrogen) atoms. The fourth-order valence-electron chi connectivity index (χ4n) is 2.05. The van der Waals surface area contributed by atoms with Crippen molar-refractivity contribution in [3.8, 4) is 0 Å². The number of hydrogen-bond donors (Lipinski definition) is 0. The van der Waals surface area contributed by atoms with Crippen LogP contribution in [0.5, 0.6) is 0 Å². The second-order valence-electron chi connectivity index (χ2n) is 4.67. The predicted molar refractivity (Wildman–Crippen MR) is 71.7 cm³/mol. The topological polar surface area (TPSA) is 6.48 Å². The van der Waals surface area contributed by atoms with Crippen LogP contribution in [-0.4, -0.2) is 28.5 Å². The number of nitrogens with zero attached hydrogens (tertiary/aromatic N) is 2. The van der Waals surface area contributed by atoms with Crippen LogP contribution < -0.4 is 0 Å². The predicted octanol–water partition coefficient (Wildman–Crippen LogP) is 3.28. The minimum absolute atomic E-state index is 0.545. The van der Waals surface area contributed by atoms with E-state index in [4.69, 9.17) is 0 Å². The molecule has 1 heterocycles. The summed E-state index contributed by atoms with van der Waals surface area (Å²) >= 11 is 0. The monoisotopic (exact) mass is 236 g/mol. The van der Waals surface area contributed by atoms with Gasteiger partial charge in [-0.3, -0.25) is 9.34 Å². The zero-order valence-electron chi connectivity index (χ0n) is 10.4. The van der Waals surface area contributed by atoms with Crippen LogP contribution in [0.1, 0.15) is 32.4 Å².